The zero-order valence-corrected chi connectivity index (χ0v) is 6.52. The molecule has 0 aliphatic heterocycles. The van der Waals surface area contributed by atoms with Crippen LogP contribution in [0.15, 0.2) is 18.7 Å². The second-order valence-electron chi connectivity index (χ2n) is 2.02. The van der Waals surface area contributed by atoms with Crippen molar-refractivity contribution >= 4 is 14.4 Å². The maximum atomic E-state index is 10.4. The highest BCUT2D eigenvalue weighted by Gasteiger charge is 2.02. The summed E-state index contributed by atoms with van der Waals surface area (Å²) >= 11 is 0. The summed E-state index contributed by atoms with van der Waals surface area (Å²) in [7, 11) is 1.85. The van der Waals surface area contributed by atoms with Crippen molar-refractivity contribution in [3.8, 4) is 0 Å². The predicted octanol–water partition coefficient (Wildman–Crippen LogP) is -1.09. The van der Waals surface area contributed by atoms with Gasteiger partial charge in [0.15, 0.2) is 6.20 Å². The number of rotatable bonds is 1. The van der Waals surface area contributed by atoms with Crippen molar-refractivity contribution in [1.82, 2.24) is 4.73 Å². The Morgan fingerprint density at radius 2 is 2.27 bits per heavy atom. The molecule has 5 heteroatoms. The third kappa shape index (κ3) is 2.88. The van der Waals surface area contributed by atoms with Crippen LogP contribution in [-0.2, 0) is 11.8 Å². The van der Waals surface area contributed by atoms with Crippen molar-refractivity contribution in [1.29, 1.82) is 0 Å². The zero-order chi connectivity index (χ0) is 7.56. The molecule has 1 aromatic heterocycles. The highest BCUT2D eigenvalue weighted by molar-refractivity contribution is 5.75. The van der Waals surface area contributed by atoms with Crippen LogP contribution in [0.1, 0.15) is 6.92 Å². The van der Waals surface area contributed by atoms with Crippen LogP contribution in [0.25, 0.3) is 0 Å². The molecule has 0 aliphatic rings. The molecule has 0 saturated heterocycles. The quantitative estimate of drug-likeness (QED) is 0.378. The van der Waals surface area contributed by atoms with E-state index in [0.29, 0.717) is 0 Å². The molecule has 0 N–H and O–H groups in total. The fourth-order valence-corrected chi connectivity index (χ4v) is 0.630. The molecule has 4 radical (unpaired) electrons. The second kappa shape index (κ2) is 3.80. The summed E-state index contributed by atoms with van der Waals surface area (Å²) in [5, 5.41) is 0. The molecule has 0 aromatic carbocycles. The summed E-state index contributed by atoms with van der Waals surface area (Å²) < 4.78 is 3.13. The Balaban J connectivity index is 0.000001000. The molecule has 4 nitrogen and oxygen atoms in total. The molecular formula is C6H9BN2O2. The van der Waals surface area contributed by atoms with E-state index in [2.05, 4.69) is 0 Å². The lowest BCUT2D eigenvalue weighted by Gasteiger charge is -1.88. The molecule has 0 fully saturated rings. The highest BCUT2D eigenvalue weighted by Crippen LogP contribution is 1.77. The van der Waals surface area contributed by atoms with Gasteiger partial charge in [-0.3, -0.25) is 4.84 Å². The standard InChI is InChI=1S/C6H9N2O2.B/c1-6(9)10-8-4-3-7(2)5-8;/h3-5H,1-2H3;/q+1;-1. The molecule has 0 aliphatic carbocycles. The smallest absolute Gasteiger partial charge is 0.354 e. The fourth-order valence-electron chi connectivity index (χ4n) is 0.630. The molecule has 0 spiro atoms. The zero-order valence-electron chi connectivity index (χ0n) is 6.52. The lowest BCUT2D eigenvalue weighted by molar-refractivity contribution is -0.671. The van der Waals surface area contributed by atoms with E-state index >= 15 is 0 Å². The molecule has 1 rings (SSSR count). The van der Waals surface area contributed by atoms with Gasteiger partial charge in [-0.05, 0) is 4.73 Å². The van der Waals surface area contributed by atoms with E-state index in [4.69, 9.17) is 4.84 Å². The molecule has 58 valence electrons. The lowest BCUT2D eigenvalue weighted by Crippen LogP contribution is -2.25. The van der Waals surface area contributed by atoms with E-state index < -0.39 is 0 Å². The molecule has 0 saturated carbocycles. The molecule has 1 heterocycles. The average Bonchev–Trinajstić information content (AvgIpc) is 2.13. The van der Waals surface area contributed by atoms with Gasteiger partial charge in [-0.25, -0.2) is 9.36 Å². The summed E-state index contributed by atoms with van der Waals surface area (Å²) in [5.74, 6) is -0.323. The normalized spacial score (nSPS) is 8.55. The molecule has 0 unspecified atom stereocenters. The SMILES string of the molecule is CC(=O)On1cc[n+](C)c1.[B-]. The Morgan fingerprint density at radius 3 is 2.64 bits per heavy atom. The Labute approximate surface area is 66.9 Å². The molecule has 11 heavy (non-hydrogen) atoms. The minimum Gasteiger partial charge on any atom is -1.00 e. The average molecular weight is 152 g/mol. The summed E-state index contributed by atoms with van der Waals surface area (Å²) in [6, 6.07) is 0. The van der Waals surface area contributed by atoms with E-state index in [0.717, 1.165) is 0 Å². The van der Waals surface area contributed by atoms with Gasteiger partial charge in [-0.15, -0.1) is 0 Å². The van der Waals surface area contributed by atoms with Crippen molar-refractivity contribution in [2.75, 3.05) is 0 Å². The van der Waals surface area contributed by atoms with Gasteiger partial charge >= 0.3 is 5.97 Å². The minimum atomic E-state index is -0.323. The third-order valence-corrected chi connectivity index (χ3v) is 0.979. The Morgan fingerprint density at radius 1 is 1.64 bits per heavy atom. The van der Waals surface area contributed by atoms with Crippen LogP contribution in [0, 0.1) is 0 Å². The van der Waals surface area contributed by atoms with Gasteiger partial charge in [-0.1, -0.05) is 0 Å². The number of aromatic nitrogens is 2. The lowest BCUT2D eigenvalue weighted by atomic mass is 10.8. The number of imidazole rings is 1. The van der Waals surface area contributed by atoms with Crippen LogP contribution < -0.4 is 9.40 Å². The maximum Gasteiger partial charge on any atom is 0.354 e. The second-order valence-corrected chi connectivity index (χ2v) is 2.02. The number of nitrogens with zero attached hydrogens (tertiary/aromatic N) is 2. The van der Waals surface area contributed by atoms with Gasteiger partial charge in [-0.2, -0.15) is 0 Å². The highest BCUT2D eigenvalue weighted by atomic mass is 16.7. The summed E-state index contributed by atoms with van der Waals surface area (Å²) in [4.78, 5) is 15.1. The van der Waals surface area contributed by atoms with Gasteiger partial charge in [0.1, 0.15) is 6.20 Å². The van der Waals surface area contributed by atoms with Gasteiger partial charge in [0, 0.05) is 6.92 Å². The van der Waals surface area contributed by atoms with Gasteiger partial charge in [0.25, 0.3) is 6.33 Å². The number of carbonyl (C=O) groups excluding carboxylic acids is 1. The first-order valence-corrected chi connectivity index (χ1v) is 2.90. The first kappa shape index (κ1) is 9.74. The largest absolute Gasteiger partial charge is 1.00 e. The van der Waals surface area contributed by atoms with Crippen LogP contribution >= 0.6 is 0 Å². The monoisotopic (exact) mass is 152 g/mol. The Bertz CT molecular complexity index is 246. The van der Waals surface area contributed by atoms with Gasteiger partial charge in [0.2, 0.25) is 0 Å². The van der Waals surface area contributed by atoms with Crippen molar-refractivity contribution in [3.05, 3.63) is 18.7 Å². The molecule has 0 bridgehead atoms. The van der Waals surface area contributed by atoms with Crippen molar-refractivity contribution in [2.45, 2.75) is 6.92 Å². The first-order valence-electron chi connectivity index (χ1n) is 2.90. The molecule has 0 amide bonds. The Hall–Kier alpha value is -1.26. The van der Waals surface area contributed by atoms with Crippen molar-refractivity contribution in [3.63, 3.8) is 0 Å². The van der Waals surface area contributed by atoms with Gasteiger partial charge < -0.3 is 8.41 Å². The minimum absolute atomic E-state index is 0. The number of aryl methyl sites for hydroxylation is 1. The molecule has 0 atom stereocenters. The topological polar surface area (TPSA) is 35.1 Å². The van der Waals surface area contributed by atoms with Crippen LogP contribution in [-0.4, -0.2) is 19.1 Å². The predicted molar refractivity (Wildman–Crippen MR) is 38.6 cm³/mol. The summed E-state index contributed by atoms with van der Waals surface area (Å²) in [6.45, 7) is 1.36. The fraction of sp³-hybridized carbons (Fsp3) is 0.333. The molecule has 1 aromatic rings. The van der Waals surface area contributed by atoms with E-state index in [1.165, 1.54) is 11.7 Å². The number of hydrogen-bond donors (Lipinski definition) is 0. The van der Waals surface area contributed by atoms with Crippen molar-refractivity contribution < 1.29 is 14.2 Å². The Kier molecular flexibility index (Phi) is 3.37. The van der Waals surface area contributed by atoms with Gasteiger partial charge in [0.05, 0.1) is 7.05 Å². The van der Waals surface area contributed by atoms with E-state index in [1.807, 2.05) is 7.05 Å². The van der Waals surface area contributed by atoms with E-state index in [-0.39, 0.29) is 14.4 Å². The number of hydrogen-bond acceptors (Lipinski definition) is 2. The number of carbonyl (C=O) groups is 1. The van der Waals surface area contributed by atoms with Crippen LogP contribution in [0.2, 0.25) is 0 Å². The van der Waals surface area contributed by atoms with Crippen LogP contribution in [0.5, 0.6) is 0 Å². The third-order valence-electron chi connectivity index (χ3n) is 0.979. The summed E-state index contributed by atoms with van der Waals surface area (Å²) in [6.07, 6.45) is 5.09. The first-order chi connectivity index (χ1) is 4.68. The summed E-state index contributed by atoms with van der Waals surface area (Å²) in [5.41, 5.74) is 0. The van der Waals surface area contributed by atoms with Crippen molar-refractivity contribution in [2.24, 2.45) is 7.05 Å². The van der Waals surface area contributed by atoms with Crippen LogP contribution in [0.4, 0.5) is 0 Å². The molecular weight excluding hydrogens is 143 g/mol. The van der Waals surface area contributed by atoms with E-state index in [1.54, 1.807) is 23.3 Å². The van der Waals surface area contributed by atoms with Crippen LogP contribution in [0.3, 0.4) is 0 Å². The van der Waals surface area contributed by atoms with E-state index in [9.17, 15) is 4.79 Å². The maximum absolute atomic E-state index is 10.4.